The van der Waals surface area contributed by atoms with Crippen molar-refractivity contribution in [3.05, 3.63) is 0 Å². The predicted molar refractivity (Wildman–Crippen MR) is 61.8 cm³/mol. The first-order chi connectivity index (χ1) is 7.93. The number of nitrogens with zero attached hydrogens (tertiary/aromatic N) is 1. The first-order valence-electron chi connectivity index (χ1n) is 5.57. The van der Waals surface area contributed by atoms with E-state index >= 15 is 0 Å². The number of esters is 1. The van der Waals surface area contributed by atoms with Crippen LogP contribution in [0.25, 0.3) is 0 Å². The summed E-state index contributed by atoms with van der Waals surface area (Å²) in [7, 11) is -1.86. The maximum atomic E-state index is 11.8. The van der Waals surface area contributed by atoms with E-state index in [2.05, 4.69) is 4.74 Å². The van der Waals surface area contributed by atoms with Crippen LogP contribution >= 0.6 is 0 Å². The molecule has 1 aliphatic rings. The molecule has 0 amide bonds. The minimum Gasteiger partial charge on any atom is -0.469 e. The Morgan fingerprint density at radius 2 is 2.12 bits per heavy atom. The summed E-state index contributed by atoms with van der Waals surface area (Å²) < 4.78 is 28.1. The van der Waals surface area contributed by atoms with Crippen LogP contribution in [0.1, 0.15) is 32.1 Å². The Labute approximate surface area is 102 Å². The van der Waals surface area contributed by atoms with Gasteiger partial charge < -0.3 is 4.74 Å². The Kier molecular flexibility index (Phi) is 4.52. The molecule has 0 unspecified atom stereocenters. The highest BCUT2D eigenvalue weighted by Gasteiger charge is 2.47. The molecule has 0 radical (unpaired) electrons. The molecule has 1 rings (SSSR count). The second-order valence-corrected chi connectivity index (χ2v) is 6.79. The summed E-state index contributed by atoms with van der Waals surface area (Å²) in [5.74, 6) is -0.279. The molecular formula is C11H17NO4S. The van der Waals surface area contributed by atoms with Crippen LogP contribution in [-0.4, -0.2) is 33.0 Å². The number of unbranched alkanes of at least 4 members (excludes halogenated alkanes) is 1. The van der Waals surface area contributed by atoms with Crippen molar-refractivity contribution in [1.82, 2.24) is 0 Å². The number of sulfone groups is 1. The van der Waals surface area contributed by atoms with Gasteiger partial charge in [-0.15, -0.1) is 0 Å². The fourth-order valence-electron chi connectivity index (χ4n) is 1.84. The van der Waals surface area contributed by atoms with Crippen molar-refractivity contribution in [2.75, 3.05) is 18.6 Å². The number of carbonyl (C=O) groups excluding carboxylic acids is 1. The van der Waals surface area contributed by atoms with Crippen molar-refractivity contribution in [1.29, 1.82) is 5.26 Å². The van der Waals surface area contributed by atoms with E-state index < -0.39 is 15.3 Å². The van der Waals surface area contributed by atoms with Crippen molar-refractivity contribution in [3.63, 3.8) is 0 Å². The van der Waals surface area contributed by atoms with Crippen LogP contribution < -0.4 is 0 Å². The van der Waals surface area contributed by atoms with Crippen LogP contribution in [0.5, 0.6) is 0 Å². The van der Waals surface area contributed by atoms with Crippen molar-refractivity contribution in [2.45, 2.75) is 32.1 Å². The normalized spacial score (nSPS) is 17.2. The maximum absolute atomic E-state index is 11.8. The average Bonchev–Trinajstić information content (AvgIpc) is 2.96. The smallest absolute Gasteiger partial charge is 0.306 e. The quantitative estimate of drug-likeness (QED) is 0.504. The molecule has 0 aromatic carbocycles. The topological polar surface area (TPSA) is 84.2 Å². The van der Waals surface area contributed by atoms with E-state index in [1.807, 2.05) is 6.07 Å². The van der Waals surface area contributed by atoms with Crippen molar-refractivity contribution in [2.24, 2.45) is 5.41 Å². The molecule has 5 nitrogen and oxygen atoms in total. The van der Waals surface area contributed by atoms with E-state index in [1.54, 1.807) is 0 Å². The zero-order valence-electron chi connectivity index (χ0n) is 9.94. The number of ether oxygens (including phenoxy) is 1. The van der Waals surface area contributed by atoms with Crippen LogP contribution in [0.4, 0.5) is 0 Å². The molecular weight excluding hydrogens is 242 g/mol. The van der Waals surface area contributed by atoms with E-state index in [0.29, 0.717) is 6.42 Å². The molecule has 96 valence electrons. The van der Waals surface area contributed by atoms with Gasteiger partial charge in [0.1, 0.15) is 0 Å². The van der Waals surface area contributed by atoms with Crippen molar-refractivity contribution < 1.29 is 17.9 Å². The molecule has 0 heterocycles. The second-order valence-electron chi connectivity index (χ2n) is 4.61. The van der Waals surface area contributed by atoms with Crippen molar-refractivity contribution in [3.8, 4) is 6.07 Å². The van der Waals surface area contributed by atoms with Crippen LogP contribution in [0.15, 0.2) is 0 Å². The van der Waals surface area contributed by atoms with Gasteiger partial charge in [-0.3, -0.25) is 4.79 Å². The fourth-order valence-corrected chi connectivity index (χ4v) is 3.89. The standard InChI is InChI=1S/C11H17NO4S/c1-16-10(13)8-11(4-5-11)9-17(14,15)7-3-2-6-12/h2-5,7-9H2,1H3. The summed E-state index contributed by atoms with van der Waals surface area (Å²) in [6.45, 7) is 0. The minimum atomic E-state index is -3.16. The van der Waals surface area contributed by atoms with Crippen LogP contribution in [0.3, 0.4) is 0 Å². The molecule has 0 saturated heterocycles. The van der Waals surface area contributed by atoms with Gasteiger partial charge in [0, 0.05) is 6.42 Å². The van der Waals surface area contributed by atoms with Crippen LogP contribution in [0.2, 0.25) is 0 Å². The number of hydrogen-bond donors (Lipinski definition) is 0. The molecule has 0 N–H and O–H groups in total. The molecule has 0 aliphatic heterocycles. The van der Waals surface area contributed by atoms with Gasteiger partial charge in [0.15, 0.2) is 9.84 Å². The Bertz CT molecular complexity index is 417. The monoisotopic (exact) mass is 259 g/mol. The molecule has 0 bridgehead atoms. The molecule has 0 spiro atoms. The number of carbonyl (C=O) groups is 1. The van der Waals surface area contributed by atoms with Gasteiger partial charge in [0.25, 0.3) is 0 Å². The van der Waals surface area contributed by atoms with E-state index in [4.69, 9.17) is 5.26 Å². The van der Waals surface area contributed by atoms with Gasteiger partial charge in [-0.05, 0) is 24.7 Å². The van der Waals surface area contributed by atoms with Gasteiger partial charge >= 0.3 is 5.97 Å². The van der Waals surface area contributed by atoms with E-state index in [0.717, 1.165) is 12.8 Å². The zero-order chi connectivity index (χ0) is 12.9. The first-order valence-corrected chi connectivity index (χ1v) is 7.39. The third-order valence-electron chi connectivity index (χ3n) is 2.97. The highest BCUT2D eigenvalue weighted by atomic mass is 32.2. The lowest BCUT2D eigenvalue weighted by Gasteiger charge is -2.13. The second kappa shape index (κ2) is 5.50. The first kappa shape index (κ1) is 14.0. The molecule has 17 heavy (non-hydrogen) atoms. The van der Waals surface area contributed by atoms with Gasteiger partial charge in [-0.1, -0.05) is 0 Å². The Morgan fingerprint density at radius 3 is 2.59 bits per heavy atom. The molecule has 1 aliphatic carbocycles. The van der Waals surface area contributed by atoms with Crippen LogP contribution in [0, 0.1) is 16.7 Å². The molecule has 0 atom stereocenters. The van der Waals surface area contributed by atoms with Gasteiger partial charge in [0.2, 0.25) is 0 Å². The number of methoxy groups -OCH3 is 1. The lowest BCUT2D eigenvalue weighted by molar-refractivity contribution is -0.141. The van der Waals surface area contributed by atoms with E-state index in [1.165, 1.54) is 7.11 Å². The predicted octanol–water partition coefficient (Wildman–Crippen LogP) is 1.05. The van der Waals surface area contributed by atoms with E-state index in [9.17, 15) is 13.2 Å². The maximum Gasteiger partial charge on any atom is 0.306 e. The van der Waals surface area contributed by atoms with Crippen molar-refractivity contribution >= 4 is 15.8 Å². The minimum absolute atomic E-state index is 0.0312. The largest absolute Gasteiger partial charge is 0.469 e. The molecule has 0 aromatic rings. The molecule has 1 fully saturated rings. The molecule has 1 saturated carbocycles. The Morgan fingerprint density at radius 1 is 1.47 bits per heavy atom. The fraction of sp³-hybridized carbons (Fsp3) is 0.818. The number of rotatable bonds is 7. The Balaban J connectivity index is 2.47. The van der Waals surface area contributed by atoms with E-state index in [-0.39, 0.29) is 30.3 Å². The summed E-state index contributed by atoms with van der Waals surface area (Å²) in [5.41, 5.74) is -0.390. The van der Waals surface area contributed by atoms with Gasteiger partial charge in [-0.2, -0.15) is 5.26 Å². The highest BCUT2D eigenvalue weighted by molar-refractivity contribution is 7.91. The summed E-state index contributed by atoms with van der Waals surface area (Å²) in [5, 5.41) is 8.35. The lowest BCUT2D eigenvalue weighted by atomic mass is 10.1. The number of nitriles is 1. The van der Waals surface area contributed by atoms with Gasteiger partial charge in [0.05, 0.1) is 31.1 Å². The Hall–Kier alpha value is -1.09. The summed E-state index contributed by atoms with van der Waals surface area (Å²) in [6.07, 6.45) is 2.33. The molecule has 0 aromatic heterocycles. The summed E-state index contributed by atoms with van der Waals surface area (Å²) >= 11 is 0. The average molecular weight is 259 g/mol. The zero-order valence-corrected chi connectivity index (χ0v) is 10.8. The molecule has 6 heteroatoms. The van der Waals surface area contributed by atoms with Gasteiger partial charge in [-0.25, -0.2) is 8.42 Å². The van der Waals surface area contributed by atoms with Crippen LogP contribution in [-0.2, 0) is 19.4 Å². The number of hydrogen-bond acceptors (Lipinski definition) is 5. The summed E-state index contributed by atoms with van der Waals surface area (Å²) in [6, 6.07) is 1.92. The summed E-state index contributed by atoms with van der Waals surface area (Å²) in [4.78, 5) is 11.2. The highest BCUT2D eigenvalue weighted by Crippen LogP contribution is 2.50. The third kappa shape index (κ3) is 4.73. The third-order valence-corrected chi connectivity index (χ3v) is 4.94. The SMILES string of the molecule is COC(=O)CC1(CS(=O)(=O)CCCC#N)CC1. The lowest BCUT2D eigenvalue weighted by Crippen LogP contribution is -2.23.